The van der Waals surface area contributed by atoms with Gasteiger partial charge >= 0.3 is 0 Å². The van der Waals surface area contributed by atoms with Crippen LogP contribution in [0.15, 0.2) is 72.8 Å². The molecule has 0 N–H and O–H groups in total. The van der Waals surface area contributed by atoms with E-state index in [2.05, 4.69) is 72.8 Å². The Morgan fingerprint density at radius 3 is 0.816 bits per heavy atom. The predicted octanol–water partition coefficient (Wildman–Crippen LogP) is 6.60. The molecule has 0 saturated heterocycles. The van der Waals surface area contributed by atoms with E-state index in [1.807, 2.05) is 0 Å². The molecule has 7 rings (SSSR count). The number of rotatable bonds is 0. The van der Waals surface area contributed by atoms with Crippen LogP contribution in [0, 0.1) is 0 Å². The third-order valence-electron chi connectivity index (χ3n) is 8.28. The van der Waals surface area contributed by atoms with E-state index in [0.29, 0.717) is 13.6 Å². The van der Waals surface area contributed by atoms with Crippen LogP contribution < -0.4 is 18.9 Å². The maximum absolute atomic E-state index is 5.75. The van der Waals surface area contributed by atoms with Crippen LogP contribution >= 0.6 is 0 Å². The Hall–Kier alpha value is -3.92. The summed E-state index contributed by atoms with van der Waals surface area (Å²) in [7, 11) is 0. The van der Waals surface area contributed by atoms with Gasteiger partial charge in [-0.2, -0.15) is 0 Å². The third kappa shape index (κ3) is 4.60. The van der Waals surface area contributed by atoms with Crippen molar-refractivity contribution in [1.82, 2.24) is 0 Å². The molecule has 0 radical (unpaired) electrons. The van der Waals surface area contributed by atoms with Gasteiger partial charge in [-0.1, -0.05) is 48.5 Å². The summed E-state index contributed by atoms with van der Waals surface area (Å²) in [6, 6.07) is 26.7. The number of aryl methyl sites for hydroxylation is 8. The van der Waals surface area contributed by atoms with Gasteiger partial charge in [-0.25, -0.2) is 0 Å². The summed E-state index contributed by atoms with van der Waals surface area (Å²) in [5.74, 6) is 3.51. The molecule has 0 amide bonds. The molecule has 2 aliphatic heterocycles. The molecule has 4 heteroatoms. The molecule has 0 fully saturated rings. The van der Waals surface area contributed by atoms with Gasteiger partial charge in [0.2, 0.25) is 13.6 Å². The van der Waals surface area contributed by atoms with E-state index >= 15 is 0 Å². The van der Waals surface area contributed by atoms with Gasteiger partial charge in [0.25, 0.3) is 0 Å². The molecule has 0 aromatic heterocycles. The van der Waals surface area contributed by atoms with Crippen LogP contribution in [-0.4, -0.2) is 13.6 Å². The summed E-state index contributed by atoms with van der Waals surface area (Å²) >= 11 is 0. The van der Waals surface area contributed by atoms with Crippen molar-refractivity contribution in [3.05, 3.63) is 117 Å². The van der Waals surface area contributed by atoms with E-state index in [0.717, 1.165) is 74.4 Å². The topological polar surface area (TPSA) is 36.9 Å². The molecule has 38 heavy (non-hydrogen) atoms. The molecular weight excluding hydrogens is 472 g/mol. The van der Waals surface area contributed by atoms with Gasteiger partial charge < -0.3 is 18.9 Å². The van der Waals surface area contributed by atoms with Crippen molar-refractivity contribution < 1.29 is 18.9 Å². The van der Waals surface area contributed by atoms with Crippen molar-refractivity contribution in [3.63, 3.8) is 0 Å². The minimum atomic E-state index is 0.309. The summed E-state index contributed by atoms with van der Waals surface area (Å²) < 4.78 is 23.0. The van der Waals surface area contributed by atoms with Crippen molar-refractivity contribution in [2.45, 2.75) is 51.4 Å². The lowest BCUT2D eigenvalue weighted by Gasteiger charge is -2.17. The summed E-state index contributed by atoms with van der Waals surface area (Å²) in [6.45, 7) is 0.619. The molecule has 0 atom stereocenters. The van der Waals surface area contributed by atoms with Gasteiger partial charge in [0.1, 0.15) is 0 Å². The molecule has 4 aromatic carbocycles. The van der Waals surface area contributed by atoms with Gasteiger partial charge in [-0.3, -0.25) is 0 Å². The summed E-state index contributed by atoms with van der Waals surface area (Å²) in [6.07, 6.45) is 7.97. The van der Waals surface area contributed by atoms with Crippen LogP contribution in [-0.2, 0) is 51.4 Å². The molecule has 0 saturated carbocycles. The van der Waals surface area contributed by atoms with Crippen LogP contribution in [0.5, 0.6) is 23.0 Å². The van der Waals surface area contributed by atoms with Crippen molar-refractivity contribution >= 4 is 0 Å². The predicted molar refractivity (Wildman–Crippen MR) is 148 cm³/mol. The summed E-state index contributed by atoms with van der Waals surface area (Å²) in [4.78, 5) is 0. The van der Waals surface area contributed by atoms with E-state index in [4.69, 9.17) is 18.9 Å². The fourth-order valence-electron chi connectivity index (χ4n) is 6.15. The molecule has 0 spiro atoms. The Kier molecular flexibility index (Phi) is 6.17. The fraction of sp³-hybridized carbons (Fsp3) is 0.294. The zero-order valence-corrected chi connectivity index (χ0v) is 21.6. The Morgan fingerprint density at radius 1 is 0.316 bits per heavy atom. The lowest BCUT2D eigenvalue weighted by Crippen LogP contribution is -2.06. The molecule has 3 aliphatic rings. The second-order valence-corrected chi connectivity index (χ2v) is 10.5. The molecule has 4 aromatic rings. The van der Waals surface area contributed by atoms with Crippen molar-refractivity contribution in [2.24, 2.45) is 0 Å². The SMILES string of the molecule is c1ccc2c(c1)CCc1cc3c(cc1CCc1ccccc1CCc1cc4c(cc1CC2)OCO4)OCO3. The van der Waals surface area contributed by atoms with Crippen molar-refractivity contribution in [1.29, 1.82) is 0 Å². The number of benzene rings is 4. The minimum Gasteiger partial charge on any atom is -0.454 e. The maximum atomic E-state index is 5.75. The first kappa shape index (κ1) is 23.2. The highest BCUT2D eigenvalue weighted by molar-refractivity contribution is 5.51. The largest absolute Gasteiger partial charge is 0.454 e. The van der Waals surface area contributed by atoms with Gasteiger partial charge in [-0.05, 0) is 120 Å². The molecule has 2 heterocycles. The van der Waals surface area contributed by atoms with E-state index in [1.165, 1.54) is 44.5 Å². The second kappa shape index (κ2) is 10.1. The minimum absolute atomic E-state index is 0.309. The van der Waals surface area contributed by atoms with Crippen LogP contribution in [0.1, 0.15) is 44.5 Å². The zero-order valence-electron chi connectivity index (χ0n) is 21.6. The normalized spacial score (nSPS) is 16.2. The summed E-state index contributed by atoms with van der Waals surface area (Å²) in [5.41, 5.74) is 11.2. The molecule has 192 valence electrons. The van der Waals surface area contributed by atoms with E-state index in [9.17, 15) is 0 Å². The highest BCUT2D eigenvalue weighted by Gasteiger charge is 2.20. The second-order valence-electron chi connectivity index (χ2n) is 10.5. The Bertz CT molecular complexity index is 1270. The molecule has 1 aliphatic carbocycles. The van der Waals surface area contributed by atoms with Crippen LogP contribution in [0.4, 0.5) is 0 Å². The molecule has 0 bridgehead atoms. The van der Waals surface area contributed by atoms with E-state index in [-0.39, 0.29) is 0 Å². The lowest BCUT2D eigenvalue weighted by atomic mass is 9.89. The van der Waals surface area contributed by atoms with E-state index in [1.54, 1.807) is 0 Å². The number of hydrogen-bond acceptors (Lipinski definition) is 4. The monoisotopic (exact) mass is 504 g/mol. The summed E-state index contributed by atoms with van der Waals surface area (Å²) in [5, 5.41) is 0. The number of fused-ring (bicyclic) bond motifs is 6. The Balaban J connectivity index is 1.27. The molecular formula is C34H32O4. The highest BCUT2D eigenvalue weighted by Crippen LogP contribution is 2.38. The third-order valence-corrected chi connectivity index (χ3v) is 8.28. The van der Waals surface area contributed by atoms with Gasteiger partial charge in [-0.15, -0.1) is 0 Å². The zero-order chi connectivity index (χ0) is 25.3. The number of hydrogen-bond donors (Lipinski definition) is 0. The first-order chi connectivity index (χ1) is 18.8. The fourth-order valence-corrected chi connectivity index (χ4v) is 6.15. The maximum Gasteiger partial charge on any atom is 0.231 e. The first-order valence-electron chi connectivity index (χ1n) is 13.8. The first-order valence-corrected chi connectivity index (χ1v) is 13.8. The average molecular weight is 505 g/mol. The van der Waals surface area contributed by atoms with E-state index < -0.39 is 0 Å². The van der Waals surface area contributed by atoms with Crippen molar-refractivity contribution in [3.8, 4) is 23.0 Å². The molecule has 0 unspecified atom stereocenters. The quantitative estimate of drug-likeness (QED) is 0.270. The standard InChI is InChI=1S/C34H32O4/c1-2-6-24-10-14-28-18-32-34(38-22-36-32)20-30(28)16-12-26-8-4-3-7-25(26)11-15-29-19-33-31(35-21-37-33)17-27(29)13-9-23(24)5-1/h1-8,17-20H,9-16,21-22H2. The number of ether oxygens (including phenoxy) is 4. The molecule has 4 nitrogen and oxygen atoms in total. The lowest BCUT2D eigenvalue weighted by molar-refractivity contribution is 0.173. The van der Waals surface area contributed by atoms with Gasteiger partial charge in [0.15, 0.2) is 23.0 Å². The van der Waals surface area contributed by atoms with Crippen LogP contribution in [0.25, 0.3) is 0 Å². The average Bonchev–Trinajstić information content (AvgIpc) is 3.61. The van der Waals surface area contributed by atoms with Crippen molar-refractivity contribution in [2.75, 3.05) is 13.6 Å². The Labute approximate surface area is 224 Å². The van der Waals surface area contributed by atoms with Crippen LogP contribution in [0.2, 0.25) is 0 Å². The highest BCUT2D eigenvalue weighted by atomic mass is 16.7. The van der Waals surface area contributed by atoms with Gasteiger partial charge in [0.05, 0.1) is 0 Å². The van der Waals surface area contributed by atoms with Crippen LogP contribution in [0.3, 0.4) is 0 Å². The van der Waals surface area contributed by atoms with Gasteiger partial charge in [0, 0.05) is 0 Å². The smallest absolute Gasteiger partial charge is 0.231 e. The Morgan fingerprint density at radius 2 is 0.553 bits per heavy atom.